The molecule has 0 aliphatic carbocycles. The van der Waals surface area contributed by atoms with E-state index in [0.29, 0.717) is 0 Å². The summed E-state index contributed by atoms with van der Waals surface area (Å²) in [7, 11) is 0. The lowest BCUT2D eigenvalue weighted by Crippen LogP contribution is -2.45. The maximum absolute atomic E-state index is 12.3. The van der Waals surface area contributed by atoms with Gasteiger partial charge in [-0.3, -0.25) is 14.1 Å². The molecule has 4 nitrogen and oxygen atoms in total. The van der Waals surface area contributed by atoms with Crippen LogP contribution in [-0.2, 0) is 4.79 Å². The SMILES string of the molecule is CC(=O)N(c1c(-c2ccccc2)nc2sccn12)C(C)(C)C. The molecule has 0 unspecified atom stereocenters. The fourth-order valence-corrected chi connectivity index (χ4v) is 3.43. The maximum atomic E-state index is 12.3. The molecule has 2 heterocycles. The molecule has 0 N–H and O–H groups in total. The molecule has 0 radical (unpaired) electrons. The summed E-state index contributed by atoms with van der Waals surface area (Å²) in [5, 5.41) is 1.99. The number of fused-ring (bicyclic) bond motifs is 1. The van der Waals surface area contributed by atoms with Gasteiger partial charge in [-0.1, -0.05) is 30.3 Å². The molecule has 2 aromatic heterocycles. The number of aromatic nitrogens is 2. The molecule has 0 saturated carbocycles. The second kappa shape index (κ2) is 5.25. The summed E-state index contributed by atoms with van der Waals surface area (Å²) in [6, 6.07) is 10.0. The second-order valence-corrected chi connectivity index (χ2v) is 7.10. The molecular weight excluding hydrogens is 294 g/mol. The lowest BCUT2D eigenvalue weighted by atomic mass is 10.0. The summed E-state index contributed by atoms with van der Waals surface area (Å²) >= 11 is 1.57. The van der Waals surface area contributed by atoms with Crippen molar-refractivity contribution in [3.05, 3.63) is 41.9 Å². The number of imidazole rings is 1. The zero-order valence-corrected chi connectivity index (χ0v) is 14.0. The largest absolute Gasteiger partial charge is 0.291 e. The van der Waals surface area contributed by atoms with Crippen LogP contribution in [0.15, 0.2) is 41.9 Å². The molecule has 0 atom stereocenters. The molecule has 22 heavy (non-hydrogen) atoms. The van der Waals surface area contributed by atoms with Crippen molar-refractivity contribution >= 4 is 28.0 Å². The highest BCUT2D eigenvalue weighted by atomic mass is 32.1. The third-order valence-electron chi connectivity index (χ3n) is 3.48. The van der Waals surface area contributed by atoms with E-state index in [-0.39, 0.29) is 11.4 Å². The van der Waals surface area contributed by atoms with Crippen molar-refractivity contribution in [2.45, 2.75) is 33.2 Å². The molecule has 0 fully saturated rings. The minimum absolute atomic E-state index is 0.0117. The number of nitrogens with zero attached hydrogens (tertiary/aromatic N) is 3. The predicted octanol–water partition coefficient (Wildman–Crippen LogP) is 4.21. The number of carbonyl (C=O) groups excluding carboxylic acids is 1. The first kappa shape index (κ1) is 14.8. The third-order valence-corrected chi connectivity index (χ3v) is 4.24. The molecule has 5 heteroatoms. The van der Waals surface area contributed by atoms with Gasteiger partial charge < -0.3 is 0 Å². The van der Waals surface area contributed by atoms with Crippen LogP contribution in [0.5, 0.6) is 0 Å². The topological polar surface area (TPSA) is 37.6 Å². The minimum Gasteiger partial charge on any atom is -0.291 e. The summed E-state index contributed by atoms with van der Waals surface area (Å²) in [6.45, 7) is 7.71. The number of benzene rings is 1. The molecule has 0 spiro atoms. The van der Waals surface area contributed by atoms with Crippen LogP contribution in [0.2, 0.25) is 0 Å². The van der Waals surface area contributed by atoms with Crippen molar-refractivity contribution in [1.82, 2.24) is 9.38 Å². The Morgan fingerprint density at radius 2 is 1.91 bits per heavy atom. The van der Waals surface area contributed by atoms with E-state index < -0.39 is 0 Å². The first-order chi connectivity index (χ1) is 10.4. The van der Waals surface area contributed by atoms with Gasteiger partial charge in [0.1, 0.15) is 11.5 Å². The van der Waals surface area contributed by atoms with Gasteiger partial charge in [0.2, 0.25) is 5.91 Å². The zero-order valence-electron chi connectivity index (χ0n) is 13.2. The standard InChI is InChI=1S/C17H19N3OS/c1-12(21)20(17(2,3)4)15-14(13-8-6-5-7-9-13)18-16-19(15)10-11-22-16/h5-11H,1-4H3. The summed E-state index contributed by atoms with van der Waals surface area (Å²) in [5.41, 5.74) is 1.54. The van der Waals surface area contributed by atoms with Crippen molar-refractivity contribution < 1.29 is 4.79 Å². The summed E-state index contributed by atoms with van der Waals surface area (Å²) in [6.07, 6.45) is 1.97. The first-order valence-corrected chi connectivity index (χ1v) is 8.09. The van der Waals surface area contributed by atoms with Gasteiger partial charge in [-0.2, -0.15) is 0 Å². The maximum Gasteiger partial charge on any atom is 0.225 e. The first-order valence-electron chi connectivity index (χ1n) is 7.21. The van der Waals surface area contributed by atoms with E-state index >= 15 is 0 Å². The quantitative estimate of drug-likeness (QED) is 0.710. The van der Waals surface area contributed by atoms with E-state index in [1.54, 1.807) is 18.3 Å². The van der Waals surface area contributed by atoms with Crippen LogP contribution in [0.3, 0.4) is 0 Å². The van der Waals surface area contributed by atoms with Gasteiger partial charge >= 0.3 is 0 Å². The van der Waals surface area contributed by atoms with Crippen molar-refractivity contribution in [1.29, 1.82) is 0 Å². The normalized spacial score (nSPS) is 11.8. The lowest BCUT2D eigenvalue weighted by molar-refractivity contribution is -0.117. The fraction of sp³-hybridized carbons (Fsp3) is 0.294. The Morgan fingerprint density at radius 1 is 1.23 bits per heavy atom. The predicted molar refractivity (Wildman–Crippen MR) is 91.4 cm³/mol. The van der Waals surface area contributed by atoms with E-state index in [2.05, 4.69) is 0 Å². The highest BCUT2D eigenvalue weighted by Gasteiger charge is 2.31. The lowest BCUT2D eigenvalue weighted by Gasteiger charge is -2.34. The van der Waals surface area contributed by atoms with Gasteiger partial charge in [0.25, 0.3) is 0 Å². The molecule has 0 aliphatic heterocycles. The summed E-state index contributed by atoms with van der Waals surface area (Å²) in [4.78, 5) is 19.8. The molecule has 114 valence electrons. The van der Waals surface area contributed by atoms with Gasteiger partial charge in [-0.15, -0.1) is 11.3 Å². The van der Waals surface area contributed by atoms with Crippen molar-refractivity contribution in [3.63, 3.8) is 0 Å². The van der Waals surface area contributed by atoms with Gasteiger partial charge in [0.15, 0.2) is 4.96 Å². The number of rotatable bonds is 2. The van der Waals surface area contributed by atoms with Crippen LogP contribution in [-0.4, -0.2) is 20.8 Å². The van der Waals surface area contributed by atoms with E-state index in [9.17, 15) is 4.79 Å². The number of anilines is 1. The molecule has 1 aromatic carbocycles. The number of carbonyl (C=O) groups is 1. The Kier molecular flexibility index (Phi) is 3.53. The number of thiazole rings is 1. The highest BCUT2D eigenvalue weighted by Crippen LogP contribution is 2.36. The Balaban J connectivity index is 2.31. The van der Waals surface area contributed by atoms with Gasteiger partial charge in [0.05, 0.1) is 0 Å². The smallest absolute Gasteiger partial charge is 0.225 e. The minimum atomic E-state index is -0.326. The van der Waals surface area contributed by atoms with Crippen molar-refractivity contribution in [2.24, 2.45) is 0 Å². The van der Waals surface area contributed by atoms with Gasteiger partial charge in [-0.25, -0.2) is 4.98 Å². The van der Waals surface area contributed by atoms with E-state index in [1.165, 1.54) is 0 Å². The fourth-order valence-electron chi connectivity index (χ4n) is 2.72. The summed E-state index contributed by atoms with van der Waals surface area (Å²) in [5.74, 6) is 0.847. The number of hydrogen-bond donors (Lipinski definition) is 0. The highest BCUT2D eigenvalue weighted by molar-refractivity contribution is 7.15. The molecule has 3 aromatic rings. The monoisotopic (exact) mass is 313 g/mol. The van der Waals surface area contributed by atoms with E-state index in [0.717, 1.165) is 22.0 Å². The van der Waals surface area contributed by atoms with Crippen molar-refractivity contribution in [2.75, 3.05) is 4.90 Å². The molecular formula is C17H19N3OS. The van der Waals surface area contributed by atoms with Gasteiger partial charge in [0, 0.05) is 29.6 Å². The Labute approximate surface area is 134 Å². The van der Waals surface area contributed by atoms with Crippen LogP contribution in [0.25, 0.3) is 16.2 Å². The number of hydrogen-bond acceptors (Lipinski definition) is 3. The molecule has 0 aliphatic rings. The van der Waals surface area contributed by atoms with E-state index in [4.69, 9.17) is 4.98 Å². The average Bonchev–Trinajstić information content (AvgIpc) is 3.00. The van der Waals surface area contributed by atoms with Gasteiger partial charge in [-0.05, 0) is 20.8 Å². The van der Waals surface area contributed by atoms with Crippen LogP contribution < -0.4 is 4.90 Å². The Hall–Kier alpha value is -2.14. The zero-order chi connectivity index (χ0) is 15.9. The molecule has 1 amide bonds. The molecule has 3 rings (SSSR count). The van der Waals surface area contributed by atoms with Crippen LogP contribution in [0, 0.1) is 0 Å². The van der Waals surface area contributed by atoms with E-state index in [1.807, 2.05) is 72.0 Å². The van der Waals surface area contributed by atoms with Crippen LogP contribution in [0.4, 0.5) is 5.82 Å². The molecule has 0 saturated heterocycles. The molecule has 0 bridgehead atoms. The van der Waals surface area contributed by atoms with Crippen LogP contribution >= 0.6 is 11.3 Å². The second-order valence-electron chi connectivity index (χ2n) is 6.23. The Morgan fingerprint density at radius 3 is 2.50 bits per heavy atom. The van der Waals surface area contributed by atoms with Crippen molar-refractivity contribution in [3.8, 4) is 11.3 Å². The Bertz CT molecular complexity index is 811. The summed E-state index contributed by atoms with van der Waals surface area (Å²) < 4.78 is 2.00. The number of amides is 1. The van der Waals surface area contributed by atoms with Crippen LogP contribution in [0.1, 0.15) is 27.7 Å². The average molecular weight is 313 g/mol. The third kappa shape index (κ3) is 2.41.